The lowest BCUT2D eigenvalue weighted by Crippen LogP contribution is -2.41. The van der Waals surface area contributed by atoms with Gasteiger partial charge in [0.2, 0.25) is 15.9 Å². The molecule has 1 unspecified atom stereocenters. The van der Waals surface area contributed by atoms with Gasteiger partial charge in [-0.1, -0.05) is 24.3 Å². The number of carbonyl (C=O) groups excluding carboxylic acids is 1. The van der Waals surface area contributed by atoms with Crippen molar-refractivity contribution >= 4 is 21.6 Å². The SMILES string of the molecule is CCOc1ccc(C(C)NC(=O)CN(c2ccccc2OCC)S(C)(=O)=O)cc1. The van der Waals surface area contributed by atoms with Gasteiger partial charge in [0.25, 0.3) is 0 Å². The number of carbonyl (C=O) groups is 1. The van der Waals surface area contributed by atoms with Crippen molar-refractivity contribution in [3.8, 4) is 11.5 Å². The van der Waals surface area contributed by atoms with E-state index in [0.717, 1.165) is 21.9 Å². The number of hydrogen-bond donors (Lipinski definition) is 1. The largest absolute Gasteiger partial charge is 0.494 e. The predicted octanol–water partition coefficient (Wildman–Crippen LogP) is 3.13. The van der Waals surface area contributed by atoms with E-state index in [1.165, 1.54) is 0 Å². The Morgan fingerprint density at radius 1 is 1.03 bits per heavy atom. The molecule has 0 aliphatic rings. The molecule has 1 N–H and O–H groups in total. The maximum atomic E-state index is 12.6. The van der Waals surface area contributed by atoms with E-state index in [4.69, 9.17) is 9.47 Å². The third kappa shape index (κ3) is 6.39. The second-order valence-electron chi connectivity index (χ2n) is 6.46. The number of anilines is 1. The summed E-state index contributed by atoms with van der Waals surface area (Å²) in [6.07, 6.45) is 1.07. The molecule has 2 aromatic carbocycles. The Bertz CT molecular complexity index is 913. The molecule has 29 heavy (non-hydrogen) atoms. The zero-order valence-corrected chi connectivity index (χ0v) is 18.0. The molecule has 8 heteroatoms. The summed E-state index contributed by atoms with van der Waals surface area (Å²) in [6.45, 7) is 6.18. The highest BCUT2D eigenvalue weighted by Crippen LogP contribution is 2.29. The van der Waals surface area contributed by atoms with E-state index in [0.29, 0.717) is 24.7 Å². The standard InChI is InChI=1S/C21H28N2O5S/c1-5-27-18-13-11-17(12-14-18)16(3)22-21(24)15-23(29(4,25)26)19-9-7-8-10-20(19)28-6-2/h7-14,16H,5-6,15H2,1-4H3,(H,22,24). The second-order valence-corrected chi connectivity index (χ2v) is 8.37. The van der Waals surface area contributed by atoms with Crippen molar-refractivity contribution in [3.63, 3.8) is 0 Å². The van der Waals surface area contributed by atoms with Crippen LogP contribution < -0.4 is 19.1 Å². The number of benzene rings is 2. The van der Waals surface area contributed by atoms with Crippen LogP contribution in [0, 0.1) is 0 Å². The van der Waals surface area contributed by atoms with Gasteiger partial charge in [0, 0.05) is 0 Å². The Morgan fingerprint density at radius 3 is 2.24 bits per heavy atom. The third-order valence-corrected chi connectivity index (χ3v) is 5.32. The van der Waals surface area contributed by atoms with Crippen LogP contribution in [-0.2, 0) is 14.8 Å². The van der Waals surface area contributed by atoms with E-state index in [1.54, 1.807) is 24.3 Å². The van der Waals surface area contributed by atoms with Gasteiger partial charge in [0.1, 0.15) is 18.0 Å². The van der Waals surface area contributed by atoms with Gasteiger partial charge in [0.05, 0.1) is 31.2 Å². The number of hydrogen-bond acceptors (Lipinski definition) is 5. The Hall–Kier alpha value is -2.74. The van der Waals surface area contributed by atoms with Crippen molar-refractivity contribution < 1.29 is 22.7 Å². The summed E-state index contributed by atoms with van der Waals surface area (Å²) >= 11 is 0. The van der Waals surface area contributed by atoms with Crippen LogP contribution >= 0.6 is 0 Å². The van der Waals surface area contributed by atoms with Crippen LogP contribution in [0.15, 0.2) is 48.5 Å². The summed E-state index contributed by atoms with van der Waals surface area (Å²) in [5, 5.41) is 2.84. The fraction of sp³-hybridized carbons (Fsp3) is 0.381. The van der Waals surface area contributed by atoms with E-state index in [1.807, 2.05) is 45.0 Å². The molecule has 0 spiro atoms. The minimum atomic E-state index is -3.69. The lowest BCUT2D eigenvalue weighted by atomic mass is 10.1. The molecule has 0 aliphatic carbocycles. The molecule has 2 rings (SSSR count). The number of amides is 1. The smallest absolute Gasteiger partial charge is 0.241 e. The van der Waals surface area contributed by atoms with E-state index in [-0.39, 0.29) is 12.6 Å². The minimum Gasteiger partial charge on any atom is -0.494 e. The average Bonchev–Trinajstić information content (AvgIpc) is 2.67. The Labute approximate surface area is 172 Å². The van der Waals surface area contributed by atoms with Crippen LogP contribution in [0.4, 0.5) is 5.69 Å². The first-order valence-corrected chi connectivity index (χ1v) is 11.3. The molecule has 1 amide bonds. The van der Waals surface area contributed by atoms with E-state index < -0.39 is 15.9 Å². The third-order valence-electron chi connectivity index (χ3n) is 4.19. The van der Waals surface area contributed by atoms with Crippen molar-refractivity contribution in [2.75, 3.05) is 30.3 Å². The highest BCUT2D eigenvalue weighted by atomic mass is 32.2. The fourth-order valence-corrected chi connectivity index (χ4v) is 3.70. The number of sulfonamides is 1. The lowest BCUT2D eigenvalue weighted by Gasteiger charge is -2.25. The molecule has 0 bridgehead atoms. The minimum absolute atomic E-state index is 0.290. The Morgan fingerprint density at radius 2 is 1.66 bits per heavy atom. The van der Waals surface area contributed by atoms with Gasteiger partial charge in [0.15, 0.2) is 0 Å². The molecular formula is C21H28N2O5S. The van der Waals surface area contributed by atoms with Gasteiger partial charge in [-0.05, 0) is 50.6 Å². The molecule has 158 valence electrons. The van der Waals surface area contributed by atoms with Gasteiger partial charge < -0.3 is 14.8 Å². The van der Waals surface area contributed by atoms with Gasteiger partial charge in [-0.2, -0.15) is 0 Å². The zero-order chi connectivity index (χ0) is 21.4. The van der Waals surface area contributed by atoms with Crippen LogP contribution in [0.25, 0.3) is 0 Å². The number of para-hydroxylation sites is 2. The van der Waals surface area contributed by atoms with Crippen molar-refractivity contribution in [2.24, 2.45) is 0 Å². The Balaban J connectivity index is 2.15. The van der Waals surface area contributed by atoms with Crippen LogP contribution in [0.3, 0.4) is 0 Å². The zero-order valence-electron chi connectivity index (χ0n) is 17.2. The monoisotopic (exact) mass is 420 g/mol. The summed E-state index contributed by atoms with van der Waals surface area (Å²) < 4.78 is 36.7. The summed E-state index contributed by atoms with van der Waals surface area (Å²) in [7, 11) is -3.69. The fourth-order valence-electron chi connectivity index (χ4n) is 2.84. The molecule has 2 aromatic rings. The van der Waals surface area contributed by atoms with Crippen LogP contribution in [-0.4, -0.2) is 40.3 Å². The molecule has 1 atom stereocenters. The maximum absolute atomic E-state index is 12.6. The normalized spacial score (nSPS) is 12.1. The van der Waals surface area contributed by atoms with Crippen molar-refractivity contribution in [1.29, 1.82) is 0 Å². The van der Waals surface area contributed by atoms with E-state index in [9.17, 15) is 13.2 Å². The van der Waals surface area contributed by atoms with Gasteiger partial charge in [-0.3, -0.25) is 9.10 Å². The van der Waals surface area contributed by atoms with E-state index >= 15 is 0 Å². The molecular weight excluding hydrogens is 392 g/mol. The lowest BCUT2D eigenvalue weighted by molar-refractivity contribution is -0.120. The Kier molecular flexibility index (Phi) is 7.90. The molecule has 7 nitrogen and oxygen atoms in total. The van der Waals surface area contributed by atoms with Gasteiger partial charge in [-0.25, -0.2) is 8.42 Å². The summed E-state index contributed by atoms with van der Waals surface area (Å²) in [4.78, 5) is 12.6. The van der Waals surface area contributed by atoms with Crippen molar-refractivity contribution in [2.45, 2.75) is 26.8 Å². The second kappa shape index (κ2) is 10.2. The summed E-state index contributed by atoms with van der Waals surface area (Å²) in [5.74, 6) is 0.751. The molecule has 0 aromatic heterocycles. The number of nitrogens with zero attached hydrogens (tertiary/aromatic N) is 1. The maximum Gasteiger partial charge on any atom is 0.241 e. The first-order valence-electron chi connectivity index (χ1n) is 9.47. The molecule has 0 fully saturated rings. The topological polar surface area (TPSA) is 84.9 Å². The summed E-state index contributed by atoms with van der Waals surface area (Å²) in [6, 6.07) is 13.9. The van der Waals surface area contributed by atoms with Crippen molar-refractivity contribution in [1.82, 2.24) is 5.32 Å². The first kappa shape index (κ1) is 22.5. The molecule has 0 saturated carbocycles. The molecule has 0 heterocycles. The quantitative estimate of drug-likeness (QED) is 0.638. The molecule has 0 aliphatic heterocycles. The van der Waals surface area contributed by atoms with E-state index in [2.05, 4.69) is 5.32 Å². The number of nitrogens with one attached hydrogen (secondary N) is 1. The highest BCUT2D eigenvalue weighted by Gasteiger charge is 2.24. The average molecular weight is 421 g/mol. The van der Waals surface area contributed by atoms with Gasteiger partial charge >= 0.3 is 0 Å². The molecule has 0 saturated heterocycles. The van der Waals surface area contributed by atoms with Crippen LogP contribution in [0.2, 0.25) is 0 Å². The highest BCUT2D eigenvalue weighted by molar-refractivity contribution is 7.92. The predicted molar refractivity (Wildman–Crippen MR) is 114 cm³/mol. The van der Waals surface area contributed by atoms with Crippen LogP contribution in [0.1, 0.15) is 32.4 Å². The van der Waals surface area contributed by atoms with Crippen molar-refractivity contribution in [3.05, 3.63) is 54.1 Å². The van der Waals surface area contributed by atoms with Gasteiger partial charge in [-0.15, -0.1) is 0 Å². The van der Waals surface area contributed by atoms with Crippen LogP contribution in [0.5, 0.6) is 11.5 Å². The number of rotatable bonds is 10. The number of ether oxygens (including phenoxy) is 2. The first-order chi connectivity index (χ1) is 13.8. The summed E-state index contributed by atoms with van der Waals surface area (Å²) in [5.41, 5.74) is 1.23. The molecule has 0 radical (unpaired) electrons.